The Balaban J connectivity index is 3.20. The fraction of sp³-hybridized carbons (Fsp3) is 0.400. The van der Waals surface area contributed by atoms with Gasteiger partial charge in [0.15, 0.2) is 5.69 Å². The molecule has 0 saturated heterocycles. The molecule has 0 unspecified atom stereocenters. The highest BCUT2D eigenvalue weighted by atomic mass is 32.2. The van der Waals surface area contributed by atoms with Gasteiger partial charge in [-0.3, -0.25) is 0 Å². The van der Waals surface area contributed by atoms with Crippen LogP contribution in [0.2, 0.25) is 0 Å². The molecule has 0 aliphatic rings. The zero-order valence-electron chi connectivity index (χ0n) is 9.64. The Labute approximate surface area is 101 Å². The van der Waals surface area contributed by atoms with Crippen LogP contribution in [-0.2, 0) is 10.0 Å². The van der Waals surface area contributed by atoms with Crippen molar-refractivity contribution in [3.05, 3.63) is 24.0 Å². The minimum absolute atomic E-state index is 0.132. The quantitative estimate of drug-likeness (QED) is 0.784. The maximum absolute atomic E-state index is 12.0. The van der Waals surface area contributed by atoms with Crippen LogP contribution in [0.25, 0.3) is 0 Å². The van der Waals surface area contributed by atoms with Crippen molar-refractivity contribution in [1.82, 2.24) is 9.71 Å². The molecule has 17 heavy (non-hydrogen) atoms. The largest absolute Gasteiger partial charge is 0.329 e. The average Bonchev–Trinajstić information content (AvgIpc) is 2.28. The maximum Gasteiger partial charge on any atom is 0.243 e. The fourth-order valence-corrected chi connectivity index (χ4v) is 2.68. The summed E-state index contributed by atoms with van der Waals surface area (Å²) in [5.74, 6) is 0. The molecule has 0 amide bonds. The molecule has 0 atom stereocenters. The molecule has 0 bridgehead atoms. The number of nitriles is 1. The Bertz CT molecular complexity index is 546. The van der Waals surface area contributed by atoms with E-state index in [4.69, 9.17) is 11.0 Å². The molecule has 3 N–H and O–H groups in total. The number of pyridine rings is 1. The number of hydrogen-bond acceptors (Lipinski definition) is 5. The molecule has 0 saturated carbocycles. The average molecular weight is 254 g/mol. The van der Waals surface area contributed by atoms with Crippen molar-refractivity contribution in [2.24, 2.45) is 5.73 Å². The van der Waals surface area contributed by atoms with Crippen LogP contribution in [0, 0.1) is 11.3 Å². The Hall–Kier alpha value is -1.49. The SMILES string of the molecule is CC(C)(CN)NS(=O)(=O)c1cccnc1C#N. The molecule has 1 heterocycles. The maximum atomic E-state index is 12.0. The van der Waals surface area contributed by atoms with E-state index in [1.807, 2.05) is 0 Å². The van der Waals surface area contributed by atoms with Crippen molar-refractivity contribution in [2.45, 2.75) is 24.3 Å². The Morgan fingerprint density at radius 2 is 2.24 bits per heavy atom. The molecular formula is C10H14N4O2S. The van der Waals surface area contributed by atoms with Gasteiger partial charge in [0, 0.05) is 18.3 Å². The second-order valence-corrected chi connectivity index (χ2v) is 5.81. The number of hydrogen-bond donors (Lipinski definition) is 2. The summed E-state index contributed by atoms with van der Waals surface area (Å²) < 4.78 is 26.5. The van der Waals surface area contributed by atoms with Gasteiger partial charge in [-0.25, -0.2) is 18.1 Å². The van der Waals surface area contributed by atoms with E-state index in [-0.39, 0.29) is 17.1 Å². The van der Waals surface area contributed by atoms with Crippen LogP contribution in [0.3, 0.4) is 0 Å². The second kappa shape index (κ2) is 4.79. The van der Waals surface area contributed by atoms with Crippen LogP contribution >= 0.6 is 0 Å². The van der Waals surface area contributed by atoms with Crippen LogP contribution < -0.4 is 10.5 Å². The van der Waals surface area contributed by atoms with Gasteiger partial charge in [0.2, 0.25) is 10.0 Å². The molecule has 0 aliphatic carbocycles. The molecule has 0 radical (unpaired) electrons. The molecule has 0 fully saturated rings. The predicted octanol–water partition coefficient (Wildman–Crippen LogP) is -0.0311. The summed E-state index contributed by atoms with van der Waals surface area (Å²) in [7, 11) is -3.79. The zero-order chi connectivity index (χ0) is 13.1. The highest BCUT2D eigenvalue weighted by Crippen LogP contribution is 2.14. The van der Waals surface area contributed by atoms with Crippen molar-refractivity contribution in [2.75, 3.05) is 6.54 Å². The highest BCUT2D eigenvalue weighted by Gasteiger charge is 2.27. The third-order valence-corrected chi connectivity index (χ3v) is 3.82. The second-order valence-electron chi connectivity index (χ2n) is 4.16. The summed E-state index contributed by atoms with van der Waals surface area (Å²) >= 11 is 0. The molecule has 0 aromatic carbocycles. The first-order valence-corrected chi connectivity index (χ1v) is 6.40. The summed E-state index contributed by atoms with van der Waals surface area (Å²) in [6.45, 7) is 3.47. The molecule has 92 valence electrons. The van der Waals surface area contributed by atoms with Gasteiger partial charge < -0.3 is 5.73 Å². The number of rotatable bonds is 4. The smallest absolute Gasteiger partial charge is 0.243 e. The van der Waals surface area contributed by atoms with Crippen LogP contribution in [0.1, 0.15) is 19.5 Å². The topological polar surface area (TPSA) is 109 Å². The van der Waals surface area contributed by atoms with E-state index in [0.717, 1.165) is 0 Å². The predicted molar refractivity (Wildman–Crippen MR) is 62.4 cm³/mol. The Morgan fingerprint density at radius 3 is 2.76 bits per heavy atom. The Morgan fingerprint density at radius 1 is 1.59 bits per heavy atom. The molecule has 0 spiro atoms. The highest BCUT2D eigenvalue weighted by molar-refractivity contribution is 7.89. The lowest BCUT2D eigenvalue weighted by Crippen LogP contribution is -2.48. The van der Waals surface area contributed by atoms with Gasteiger partial charge in [0.25, 0.3) is 0 Å². The zero-order valence-corrected chi connectivity index (χ0v) is 10.5. The van der Waals surface area contributed by atoms with Gasteiger partial charge in [-0.2, -0.15) is 5.26 Å². The number of aromatic nitrogens is 1. The lowest BCUT2D eigenvalue weighted by Gasteiger charge is -2.23. The van der Waals surface area contributed by atoms with Crippen molar-refractivity contribution in [3.8, 4) is 6.07 Å². The van der Waals surface area contributed by atoms with E-state index in [1.165, 1.54) is 18.3 Å². The molecule has 1 rings (SSSR count). The van der Waals surface area contributed by atoms with E-state index in [9.17, 15) is 8.42 Å². The van der Waals surface area contributed by atoms with E-state index in [2.05, 4.69) is 9.71 Å². The van der Waals surface area contributed by atoms with Gasteiger partial charge >= 0.3 is 0 Å². The minimum atomic E-state index is -3.79. The van der Waals surface area contributed by atoms with E-state index >= 15 is 0 Å². The van der Waals surface area contributed by atoms with E-state index in [0.29, 0.717) is 0 Å². The molecule has 1 aromatic heterocycles. The minimum Gasteiger partial charge on any atom is -0.329 e. The standard InChI is InChI=1S/C10H14N4O2S/c1-10(2,7-12)14-17(15,16)9-4-3-5-13-8(9)6-11/h3-5,14H,7,12H2,1-2H3. The van der Waals surface area contributed by atoms with Crippen LogP contribution in [0.15, 0.2) is 23.2 Å². The van der Waals surface area contributed by atoms with Crippen molar-refractivity contribution < 1.29 is 8.42 Å². The first-order chi connectivity index (χ1) is 7.82. The van der Waals surface area contributed by atoms with Gasteiger partial charge in [-0.1, -0.05) is 0 Å². The lowest BCUT2D eigenvalue weighted by molar-refractivity contribution is 0.462. The van der Waals surface area contributed by atoms with Gasteiger partial charge in [-0.05, 0) is 26.0 Å². The molecule has 0 aliphatic heterocycles. The Kier molecular flexibility index (Phi) is 3.83. The number of nitrogens with one attached hydrogen (secondary N) is 1. The monoisotopic (exact) mass is 254 g/mol. The molecular weight excluding hydrogens is 240 g/mol. The summed E-state index contributed by atoms with van der Waals surface area (Å²) in [5, 5.41) is 8.81. The molecule has 6 nitrogen and oxygen atoms in total. The first kappa shape index (κ1) is 13.6. The van der Waals surface area contributed by atoms with Gasteiger partial charge in [-0.15, -0.1) is 0 Å². The number of nitrogens with zero attached hydrogens (tertiary/aromatic N) is 2. The molecule has 7 heteroatoms. The van der Waals surface area contributed by atoms with Gasteiger partial charge in [0.1, 0.15) is 11.0 Å². The van der Waals surface area contributed by atoms with Crippen LogP contribution in [-0.4, -0.2) is 25.5 Å². The summed E-state index contributed by atoms with van der Waals surface area (Å²) in [6, 6.07) is 4.54. The fourth-order valence-electron chi connectivity index (χ4n) is 1.15. The van der Waals surface area contributed by atoms with Crippen LogP contribution in [0.5, 0.6) is 0 Å². The first-order valence-electron chi connectivity index (χ1n) is 4.91. The third-order valence-electron chi connectivity index (χ3n) is 2.09. The number of sulfonamides is 1. The van der Waals surface area contributed by atoms with Crippen LogP contribution in [0.4, 0.5) is 0 Å². The van der Waals surface area contributed by atoms with E-state index in [1.54, 1.807) is 19.9 Å². The van der Waals surface area contributed by atoms with Gasteiger partial charge in [0.05, 0.1) is 0 Å². The normalized spacial score (nSPS) is 12.1. The summed E-state index contributed by atoms with van der Waals surface area (Å²) in [5.41, 5.74) is 4.55. The van der Waals surface area contributed by atoms with Crippen molar-refractivity contribution >= 4 is 10.0 Å². The number of nitrogens with two attached hydrogens (primary N) is 1. The molecule has 1 aromatic rings. The summed E-state index contributed by atoms with van der Waals surface area (Å²) in [4.78, 5) is 3.57. The summed E-state index contributed by atoms with van der Waals surface area (Å²) in [6.07, 6.45) is 1.37. The third kappa shape index (κ3) is 3.23. The van der Waals surface area contributed by atoms with Crippen molar-refractivity contribution in [1.29, 1.82) is 5.26 Å². The van der Waals surface area contributed by atoms with E-state index < -0.39 is 15.6 Å². The van der Waals surface area contributed by atoms with Crippen molar-refractivity contribution in [3.63, 3.8) is 0 Å². The lowest BCUT2D eigenvalue weighted by atomic mass is 10.1.